The second kappa shape index (κ2) is 5.61. The molecule has 2 N–H and O–H groups in total. The van der Waals surface area contributed by atoms with E-state index in [1.165, 1.54) is 12.1 Å². The Balaban J connectivity index is 2.38. The molecule has 0 aliphatic rings. The highest BCUT2D eigenvalue weighted by molar-refractivity contribution is 5.89. The number of benzene rings is 1. The fourth-order valence-electron chi connectivity index (χ4n) is 1.81. The van der Waals surface area contributed by atoms with Crippen molar-refractivity contribution in [1.29, 1.82) is 0 Å². The maximum Gasteiger partial charge on any atom is 0.335 e. The van der Waals surface area contributed by atoms with Crippen molar-refractivity contribution in [3.05, 3.63) is 42.2 Å². The van der Waals surface area contributed by atoms with E-state index in [9.17, 15) is 9.90 Å². The third kappa shape index (κ3) is 3.06. The van der Waals surface area contributed by atoms with Gasteiger partial charge in [0.25, 0.3) is 0 Å². The molecule has 0 saturated carbocycles. The summed E-state index contributed by atoms with van der Waals surface area (Å²) in [6.07, 6.45) is 3.20. The van der Waals surface area contributed by atoms with Gasteiger partial charge in [0.1, 0.15) is 11.5 Å². The summed E-state index contributed by atoms with van der Waals surface area (Å²) in [6, 6.07) is 5.96. The van der Waals surface area contributed by atoms with Crippen LogP contribution in [0.5, 0.6) is 11.5 Å². The van der Waals surface area contributed by atoms with Gasteiger partial charge in [-0.25, -0.2) is 4.79 Å². The van der Waals surface area contributed by atoms with Crippen molar-refractivity contribution in [3.8, 4) is 22.6 Å². The number of ether oxygens (including phenoxy) is 1. The molecule has 0 aliphatic heterocycles. The molecule has 0 amide bonds. The molecule has 0 saturated heterocycles. The highest BCUT2D eigenvalue weighted by Gasteiger charge is 2.10. The molecule has 0 fully saturated rings. The number of carboxylic acids is 1. The molecule has 1 aromatic carbocycles. The van der Waals surface area contributed by atoms with Gasteiger partial charge in [-0.05, 0) is 38.1 Å². The van der Waals surface area contributed by atoms with Crippen LogP contribution in [0.4, 0.5) is 0 Å². The third-order valence-electron chi connectivity index (χ3n) is 2.64. The second-order valence-corrected chi connectivity index (χ2v) is 4.61. The van der Waals surface area contributed by atoms with Gasteiger partial charge >= 0.3 is 5.97 Å². The maximum absolute atomic E-state index is 10.8. The van der Waals surface area contributed by atoms with Crippen LogP contribution >= 0.6 is 0 Å². The molecular formula is C15H15NO4. The van der Waals surface area contributed by atoms with E-state index < -0.39 is 5.97 Å². The number of hydrogen-bond donors (Lipinski definition) is 2. The minimum Gasteiger partial charge on any atom is -0.507 e. The van der Waals surface area contributed by atoms with Gasteiger partial charge in [-0.3, -0.25) is 4.98 Å². The van der Waals surface area contributed by atoms with E-state index in [1.54, 1.807) is 24.5 Å². The van der Waals surface area contributed by atoms with E-state index in [-0.39, 0.29) is 17.4 Å². The van der Waals surface area contributed by atoms with Crippen LogP contribution < -0.4 is 4.74 Å². The molecule has 0 unspecified atom stereocenters. The smallest absolute Gasteiger partial charge is 0.335 e. The summed E-state index contributed by atoms with van der Waals surface area (Å²) in [4.78, 5) is 14.9. The second-order valence-electron chi connectivity index (χ2n) is 4.61. The number of nitrogens with zero attached hydrogens (tertiary/aromatic N) is 1. The Hall–Kier alpha value is -2.56. The fraction of sp³-hybridized carbons (Fsp3) is 0.200. The first kappa shape index (κ1) is 13.9. The fourth-order valence-corrected chi connectivity index (χ4v) is 1.81. The Morgan fingerprint density at radius 1 is 1.25 bits per heavy atom. The van der Waals surface area contributed by atoms with E-state index in [0.29, 0.717) is 16.9 Å². The van der Waals surface area contributed by atoms with Crippen LogP contribution in [0.15, 0.2) is 36.7 Å². The van der Waals surface area contributed by atoms with Gasteiger partial charge in [0.05, 0.1) is 17.9 Å². The SMILES string of the molecule is CC(C)Oc1cncc(-c2ccc(C(=O)O)cc2O)c1. The van der Waals surface area contributed by atoms with Crippen molar-refractivity contribution in [2.75, 3.05) is 0 Å². The Bertz CT molecular complexity index is 638. The lowest BCUT2D eigenvalue weighted by molar-refractivity contribution is 0.0696. The van der Waals surface area contributed by atoms with Crippen molar-refractivity contribution in [3.63, 3.8) is 0 Å². The molecule has 1 aromatic heterocycles. The molecule has 0 bridgehead atoms. The topological polar surface area (TPSA) is 79.7 Å². The Kier molecular flexibility index (Phi) is 3.89. The van der Waals surface area contributed by atoms with E-state index in [0.717, 1.165) is 0 Å². The normalized spacial score (nSPS) is 10.6. The van der Waals surface area contributed by atoms with Crippen LogP contribution in [0.3, 0.4) is 0 Å². The lowest BCUT2D eigenvalue weighted by Gasteiger charge is -2.11. The van der Waals surface area contributed by atoms with Gasteiger partial charge in [0, 0.05) is 17.3 Å². The monoisotopic (exact) mass is 273 g/mol. The molecule has 2 aromatic rings. The van der Waals surface area contributed by atoms with Crippen LogP contribution in [0.2, 0.25) is 0 Å². The molecule has 0 aliphatic carbocycles. The summed E-state index contributed by atoms with van der Waals surface area (Å²) < 4.78 is 5.54. The molecule has 0 spiro atoms. The standard InChI is InChI=1S/C15H15NO4/c1-9(2)20-12-5-11(7-16-8-12)13-4-3-10(15(18)19)6-14(13)17/h3-9,17H,1-2H3,(H,18,19). The van der Waals surface area contributed by atoms with Gasteiger partial charge in [-0.1, -0.05) is 0 Å². The number of phenols is 1. The molecule has 104 valence electrons. The number of rotatable bonds is 4. The number of carboxylic acid groups (broad SMARTS) is 1. The first-order valence-electron chi connectivity index (χ1n) is 6.15. The van der Waals surface area contributed by atoms with Gasteiger partial charge in [0.2, 0.25) is 0 Å². The largest absolute Gasteiger partial charge is 0.507 e. The predicted molar refractivity (Wildman–Crippen MR) is 74.1 cm³/mol. The quantitative estimate of drug-likeness (QED) is 0.895. The first-order valence-corrected chi connectivity index (χ1v) is 6.15. The lowest BCUT2D eigenvalue weighted by atomic mass is 10.0. The Morgan fingerprint density at radius 2 is 2.00 bits per heavy atom. The lowest BCUT2D eigenvalue weighted by Crippen LogP contribution is -2.05. The minimum atomic E-state index is -1.08. The van der Waals surface area contributed by atoms with Crippen molar-refractivity contribution in [2.45, 2.75) is 20.0 Å². The van der Waals surface area contributed by atoms with E-state index in [4.69, 9.17) is 9.84 Å². The number of carbonyl (C=O) groups is 1. The molecular weight excluding hydrogens is 258 g/mol. The zero-order chi connectivity index (χ0) is 14.7. The predicted octanol–water partition coefficient (Wildman–Crippen LogP) is 2.94. The van der Waals surface area contributed by atoms with Gasteiger partial charge in [-0.2, -0.15) is 0 Å². The highest BCUT2D eigenvalue weighted by Crippen LogP contribution is 2.31. The Labute approximate surface area is 116 Å². The number of pyridine rings is 1. The molecule has 2 rings (SSSR count). The summed E-state index contributed by atoms with van der Waals surface area (Å²) in [5.41, 5.74) is 1.21. The van der Waals surface area contributed by atoms with E-state index in [2.05, 4.69) is 4.98 Å². The van der Waals surface area contributed by atoms with Crippen molar-refractivity contribution in [1.82, 2.24) is 4.98 Å². The average molecular weight is 273 g/mol. The van der Waals surface area contributed by atoms with Crippen LogP contribution in [0.25, 0.3) is 11.1 Å². The molecule has 1 heterocycles. The maximum atomic E-state index is 10.8. The molecule has 5 nitrogen and oxygen atoms in total. The van der Waals surface area contributed by atoms with Crippen LogP contribution in [-0.2, 0) is 0 Å². The number of aromatic hydroxyl groups is 1. The first-order chi connectivity index (χ1) is 9.47. The van der Waals surface area contributed by atoms with Crippen molar-refractivity contribution >= 4 is 5.97 Å². The summed E-state index contributed by atoms with van der Waals surface area (Å²) >= 11 is 0. The molecule has 0 radical (unpaired) electrons. The summed E-state index contributed by atoms with van der Waals surface area (Å²) in [6.45, 7) is 3.82. The van der Waals surface area contributed by atoms with Gasteiger partial charge < -0.3 is 14.9 Å². The van der Waals surface area contributed by atoms with Crippen LogP contribution in [-0.4, -0.2) is 27.3 Å². The van der Waals surface area contributed by atoms with Crippen molar-refractivity contribution < 1.29 is 19.7 Å². The number of hydrogen-bond acceptors (Lipinski definition) is 4. The van der Waals surface area contributed by atoms with E-state index in [1.807, 2.05) is 13.8 Å². The summed E-state index contributed by atoms with van der Waals surface area (Å²) in [5.74, 6) is -0.588. The van der Waals surface area contributed by atoms with Gasteiger partial charge in [-0.15, -0.1) is 0 Å². The zero-order valence-electron chi connectivity index (χ0n) is 11.2. The molecule has 20 heavy (non-hydrogen) atoms. The summed E-state index contributed by atoms with van der Waals surface area (Å²) in [5, 5.41) is 18.8. The third-order valence-corrected chi connectivity index (χ3v) is 2.64. The minimum absolute atomic E-state index is 0.0232. The number of aromatic nitrogens is 1. The average Bonchev–Trinajstić information content (AvgIpc) is 2.38. The number of phenolic OH excluding ortho intramolecular Hbond substituents is 1. The van der Waals surface area contributed by atoms with Crippen LogP contribution in [0.1, 0.15) is 24.2 Å². The number of aromatic carboxylic acids is 1. The Morgan fingerprint density at radius 3 is 2.60 bits per heavy atom. The van der Waals surface area contributed by atoms with Crippen LogP contribution in [0, 0.1) is 0 Å². The molecule has 5 heteroatoms. The summed E-state index contributed by atoms with van der Waals surface area (Å²) in [7, 11) is 0. The van der Waals surface area contributed by atoms with Gasteiger partial charge in [0.15, 0.2) is 0 Å². The highest BCUT2D eigenvalue weighted by atomic mass is 16.5. The van der Waals surface area contributed by atoms with E-state index >= 15 is 0 Å². The molecule has 0 atom stereocenters. The zero-order valence-corrected chi connectivity index (χ0v) is 11.2. The van der Waals surface area contributed by atoms with Crippen molar-refractivity contribution in [2.24, 2.45) is 0 Å².